The molecule has 2 aromatic carbocycles. The Morgan fingerprint density at radius 1 is 1.14 bits per heavy atom. The summed E-state index contributed by atoms with van der Waals surface area (Å²) in [6.07, 6.45) is 3.80. The molecule has 1 aliphatic rings. The number of fused-ring (bicyclic) bond motifs is 1. The molecule has 0 aromatic heterocycles. The van der Waals surface area contributed by atoms with E-state index in [-0.39, 0.29) is 12.1 Å². The molecule has 1 amide bonds. The van der Waals surface area contributed by atoms with Gasteiger partial charge in [0.05, 0.1) is 18.3 Å². The number of amides is 1. The predicted molar refractivity (Wildman–Crippen MR) is 88.9 cm³/mol. The van der Waals surface area contributed by atoms with Crippen LogP contribution in [0.3, 0.4) is 0 Å². The maximum atomic E-state index is 12.5. The summed E-state index contributed by atoms with van der Waals surface area (Å²) in [4.78, 5) is 14.2. The van der Waals surface area contributed by atoms with Gasteiger partial charge >= 0.3 is 6.09 Å². The van der Waals surface area contributed by atoms with Gasteiger partial charge in [-0.15, -0.1) is 0 Å². The number of nitrogens with zero attached hydrogens (tertiary/aromatic N) is 1. The molecule has 22 heavy (non-hydrogen) atoms. The number of carbonyl (C=O) groups is 1. The molecule has 3 rings (SSSR count). The van der Waals surface area contributed by atoms with Crippen LogP contribution < -0.4 is 4.90 Å². The van der Waals surface area contributed by atoms with Gasteiger partial charge in [-0.2, -0.15) is 0 Å². The Morgan fingerprint density at radius 3 is 2.59 bits per heavy atom. The zero-order valence-corrected chi connectivity index (χ0v) is 12.8. The average Bonchev–Trinajstić information content (AvgIpc) is 2.55. The molecule has 0 fully saturated rings. The van der Waals surface area contributed by atoms with Gasteiger partial charge in [0.25, 0.3) is 0 Å². The molecule has 0 spiro atoms. The van der Waals surface area contributed by atoms with Gasteiger partial charge in [0.15, 0.2) is 0 Å². The minimum Gasteiger partial charge on any atom is -0.449 e. The number of hydrogen-bond acceptors (Lipinski definition) is 2. The first-order chi connectivity index (χ1) is 10.7. The monoisotopic (exact) mass is 293 g/mol. The summed E-state index contributed by atoms with van der Waals surface area (Å²) in [5.41, 5.74) is 4.18. The smallest absolute Gasteiger partial charge is 0.415 e. The number of para-hydroxylation sites is 1. The number of aryl methyl sites for hydroxylation is 1. The lowest BCUT2D eigenvalue weighted by atomic mass is 9.97. The molecular formula is C19H19NO2. The molecule has 2 aromatic rings. The first kappa shape index (κ1) is 14.4. The van der Waals surface area contributed by atoms with Crippen LogP contribution in [0.2, 0.25) is 0 Å². The van der Waals surface area contributed by atoms with E-state index in [4.69, 9.17) is 4.74 Å². The molecule has 1 heterocycles. The molecule has 1 aliphatic heterocycles. The second kappa shape index (κ2) is 6.06. The Kier molecular flexibility index (Phi) is 3.96. The molecule has 0 aliphatic carbocycles. The van der Waals surface area contributed by atoms with E-state index >= 15 is 0 Å². The van der Waals surface area contributed by atoms with Gasteiger partial charge in [0, 0.05) is 0 Å². The average molecular weight is 293 g/mol. The largest absolute Gasteiger partial charge is 0.449 e. The molecule has 3 nitrogen and oxygen atoms in total. The first-order valence-corrected chi connectivity index (χ1v) is 7.50. The lowest BCUT2D eigenvalue weighted by molar-refractivity contribution is 0.158. The maximum Gasteiger partial charge on any atom is 0.415 e. The van der Waals surface area contributed by atoms with Crippen LogP contribution in [0.4, 0.5) is 10.5 Å². The van der Waals surface area contributed by atoms with Crippen molar-refractivity contribution in [2.75, 3.05) is 11.5 Å². The van der Waals surface area contributed by atoms with Gasteiger partial charge in [-0.25, -0.2) is 4.79 Å². The van der Waals surface area contributed by atoms with Gasteiger partial charge in [-0.1, -0.05) is 60.2 Å². The van der Waals surface area contributed by atoms with Crippen molar-refractivity contribution >= 4 is 17.9 Å². The van der Waals surface area contributed by atoms with Crippen molar-refractivity contribution in [1.29, 1.82) is 0 Å². The van der Waals surface area contributed by atoms with Gasteiger partial charge in [-0.05, 0) is 31.0 Å². The molecular weight excluding hydrogens is 274 g/mol. The normalized spacial score (nSPS) is 16.3. The Balaban J connectivity index is 2.05. The first-order valence-electron chi connectivity index (χ1n) is 7.50. The van der Waals surface area contributed by atoms with Crippen LogP contribution >= 0.6 is 0 Å². The highest BCUT2D eigenvalue weighted by atomic mass is 16.6. The van der Waals surface area contributed by atoms with Crippen molar-refractivity contribution in [3.05, 3.63) is 71.3 Å². The molecule has 0 N–H and O–H groups in total. The second-order valence-electron chi connectivity index (χ2n) is 5.34. The molecule has 1 atom stereocenters. The minimum atomic E-state index is -0.315. The Labute approximate surface area is 130 Å². The highest BCUT2D eigenvalue weighted by Gasteiger charge is 2.29. The highest BCUT2D eigenvalue weighted by Crippen LogP contribution is 2.36. The lowest BCUT2D eigenvalue weighted by Crippen LogP contribution is -2.36. The van der Waals surface area contributed by atoms with Crippen molar-refractivity contribution in [3.8, 4) is 0 Å². The number of anilines is 1. The van der Waals surface area contributed by atoms with Gasteiger partial charge < -0.3 is 4.74 Å². The fraction of sp³-hybridized carbons (Fsp3) is 0.211. The van der Waals surface area contributed by atoms with Crippen LogP contribution in [0.5, 0.6) is 0 Å². The van der Waals surface area contributed by atoms with Gasteiger partial charge in [0.1, 0.15) is 0 Å². The van der Waals surface area contributed by atoms with Crippen molar-refractivity contribution in [3.63, 3.8) is 0 Å². The molecule has 3 heteroatoms. The summed E-state index contributed by atoms with van der Waals surface area (Å²) in [6, 6.07) is 16.0. The van der Waals surface area contributed by atoms with Crippen LogP contribution in [0.1, 0.15) is 29.7 Å². The SMILES string of the molecule is CCOC(=O)N1c2ccccc2C=CC1c1ccc(C)cc1. The lowest BCUT2D eigenvalue weighted by Gasteiger charge is -2.33. The predicted octanol–water partition coefficient (Wildman–Crippen LogP) is 4.73. The van der Waals surface area contributed by atoms with Crippen LogP contribution in [0, 0.1) is 6.92 Å². The Hall–Kier alpha value is -2.55. The van der Waals surface area contributed by atoms with Crippen LogP contribution in [-0.2, 0) is 4.74 Å². The number of ether oxygens (including phenoxy) is 1. The third-order valence-corrected chi connectivity index (χ3v) is 3.82. The van der Waals surface area contributed by atoms with Gasteiger partial charge in [-0.3, -0.25) is 4.90 Å². The summed E-state index contributed by atoms with van der Waals surface area (Å²) in [5, 5.41) is 0. The summed E-state index contributed by atoms with van der Waals surface area (Å²) in [5.74, 6) is 0. The second-order valence-corrected chi connectivity index (χ2v) is 5.34. The third kappa shape index (κ3) is 2.62. The van der Waals surface area contributed by atoms with E-state index in [2.05, 4.69) is 37.3 Å². The van der Waals surface area contributed by atoms with E-state index in [0.717, 1.165) is 16.8 Å². The van der Waals surface area contributed by atoms with E-state index in [9.17, 15) is 4.79 Å². The zero-order valence-electron chi connectivity index (χ0n) is 12.8. The summed E-state index contributed by atoms with van der Waals surface area (Å²) in [6.45, 7) is 4.24. The molecule has 0 bridgehead atoms. The molecule has 0 saturated heterocycles. The van der Waals surface area contributed by atoms with Crippen molar-refractivity contribution < 1.29 is 9.53 Å². The number of rotatable bonds is 2. The van der Waals surface area contributed by atoms with E-state index in [0.29, 0.717) is 6.61 Å². The quantitative estimate of drug-likeness (QED) is 0.801. The number of benzene rings is 2. The Morgan fingerprint density at radius 2 is 1.86 bits per heavy atom. The molecule has 0 radical (unpaired) electrons. The van der Waals surface area contributed by atoms with Crippen molar-refractivity contribution in [2.45, 2.75) is 19.9 Å². The number of hydrogen-bond donors (Lipinski definition) is 0. The van der Waals surface area contributed by atoms with Crippen LogP contribution in [-0.4, -0.2) is 12.7 Å². The van der Waals surface area contributed by atoms with E-state index in [1.54, 1.807) is 4.90 Å². The molecule has 1 unspecified atom stereocenters. The zero-order chi connectivity index (χ0) is 15.5. The Bertz CT molecular complexity index is 704. The third-order valence-electron chi connectivity index (χ3n) is 3.82. The molecule has 112 valence electrons. The van der Waals surface area contributed by atoms with Crippen molar-refractivity contribution in [2.24, 2.45) is 0 Å². The van der Waals surface area contributed by atoms with E-state index in [1.165, 1.54) is 5.56 Å². The topological polar surface area (TPSA) is 29.5 Å². The molecule has 0 saturated carbocycles. The van der Waals surface area contributed by atoms with Crippen molar-refractivity contribution in [1.82, 2.24) is 0 Å². The van der Waals surface area contributed by atoms with Crippen LogP contribution in [0.25, 0.3) is 6.08 Å². The highest BCUT2D eigenvalue weighted by molar-refractivity contribution is 5.93. The summed E-state index contributed by atoms with van der Waals surface area (Å²) >= 11 is 0. The minimum absolute atomic E-state index is 0.144. The van der Waals surface area contributed by atoms with E-state index < -0.39 is 0 Å². The summed E-state index contributed by atoms with van der Waals surface area (Å²) in [7, 11) is 0. The van der Waals surface area contributed by atoms with Gasteiger partial charge in [0.2, 0.25) is 0 Å². The fourth-order valence-corrected chi connectivity index (χ4v) is 2.71. The van der Waals surface area contributed by atoms with Crippen LogP contribution in [0.15, 0.2) is 54.6 Å². The number of carbonyl (C=O) groups excluding carboxylic acids is 1. The summed E-state index contributed by atoms with van der Waals surface area (Å²) < 4.78 is 5.27. The standard InChI is InChI=1S/C19H19NO2/c1-3-22-19(21)20-17-7-5-4-6-15(17)12-13-18(20)16-10-8-14(2)9-11-16/h4-13,18H,3H2,1-2H3. The maximum absolute atomic E-state index is 12.5. The fourth-order valence-electron chi connectivity index (χ4n) is 2.71. The van der Waals surface area contributed by atoms with E-state index in [1.807, 2.05) is 37.3 Å².